The normalized spacial score (nSPS) is 33.0. The molecule has 0 heterocycles. The van der Waals surface area contributed by atoms with Gasteiger partial charge in [-0.2, -0.15) is 0 Å². The van der Waals surface area contributed by atoms with Crippen LogP contribution in [0.2, 0.25) is 0 Å². The molecule has 3 unspecified atom stereocenters. The summed E-state index contributed by atoms with van der Waals surface area (Å²) in [6, 6.07) is 0.833. The van der Waals surface area contributed by atoms with E-state index in [4.69, 9.17) is 9.47 Å². The number of ether oxygens (including phenoxy) is 2. The Hall–Kier alpha value is -0.120. The van der Waals surface area contributed by atoms with Gasteiger partial charge in [-0.3, -0.25) is 0 Å². The van der Waals surface area contributed by atoms with E-state index in [9.17, 15) is 0 Å². The van der Waals surface area contributed by atoms with Gasteiger partial charge in [0.1, 0.15) is 0 Å². The number of nitrogens with one attached hydrogen (secondary N) is 1. The summed E-state index contributed by atoms with van der Waals surface area (Å²) < 4.78 is 10.6. The van der Waals surface area contributed by atoms with Crippen molar-refractivity contribution in [2.75, 3.05) is 14.2 Å². The van der Waals surface area contributed by atoms with Crippen molar-refractivity contribution in [2.45, 2.75) is 58.4 Å². The molecule has 0 spiro atoms. The summed E-state index contributed by atoms with van der Waals surface area (Å²) in [4.78, 5) is 0. The Balaban J connectivity index is 2.50. The lowest BCUT2D eigenvalue weighted by Crippen LogP contribution is -2.51. The first-order valence-electron chi connectivity index (χ1n) is 6.41. The molecule has 0 radical (unpaired) electrons. The van der Waals surface area contributed by atoms with E-state index in [-0.39, 0.29) is 12.3 Å². The van der Waals surface area contributed by atoms with E-state index >= 15 is 0 Å². The molecule has 16 heavy (non-hydrogen) atoms. The molecule has 0 amide bonds. The molecule has 0 aromatic heterocycles. The SMILES string of the molecule is COC(OC)C(C)NC1C(C)CCCC1C. The summed E-state index contributed by atoms with van der Waals surface area (Å²) in [5.41, 5.74) is 0. The van der Waals surface area contributed by atoms with E-state index in [0.717, 1.165) is 11.8 Å². The topological polar surface area (TPSA) is 30.5 Å². The molecule has 1 aliphatic carbocycles. The first-order valence-corrected chi connectivity index (χ1v) is 6.41. The van der Waals surface area contributed by atoms with Gasteiger partial charge in [-0.05, 0) is 31.6 Å². The molecule has 0 bridgehead atoms. The fourth-order valence-corrected chi connectivity index (χ4v) is 2.90. The molecule has 1 saturated carbocycles. The van der Waals surface area contributed by atoms with Gasteiger partial charge in [0, 0.05) is 20.3 Å². The average Bonchev–Trinajstić information content (AvgIpc) is 2.25. The Kier molecular flexibility index (Phi) is 5.73. The zero-order chi connectivity index (χ0) is 12.1. The van der Waals surface area contributed by atoms with Gasteiger partial charge in [-0.25, -0.2) is 0 Å². The maximum Gasteiger partial charge on any atom is 0.171 e. The molecule has 0 aliphatic heterocycles. The third kappa shape index (κ3) is 3.44. The zero-order valence-electron chi connectivity index (χ0n) is 11.3. The summed E-state index contributed by atoms with van der Waals surface area (Å²) in [6.45, 7) is 6.81. The quantitative estimate of drug-likeness (QED) is 0.734. The van der Waals surface area contributed by atoms with Crippen LogP contribution in [-0.2, 0) is 9.47 Å². The van der Waals surface area contributed by atoms with Crippen molar-refractivity contribution in [3.8, 4) is 0 Å². The van der Waals surface area contributed by atoms with Gasteiger partial charge in [-0.15, -0.1) is 0 Å². The lowest BCUT2D eigenvalue weighted by molar-refractivity contribution is -0.123. The van der Waals surface area contributed by atoms with E-state index in [0.29, 0.717) is 6.04 Å². The van der Waals surface area contributed by atoms with Crippen LogP contribution in [0.15, 0.2) is 0 Å². The number of rotatable bonds is 5. The van der Waals surface area contributed by atoms with Crippen molar-refractivity contribution in [3.05, 3.63) is 0 Å². The van der Waals surface area contributed by atoms with Gasteiger partial charge in [0.2, 0.25) is 0 Å². The number of hydrogen-bond acceptors (Lipinski definition) is 3. The predicted octanol–water partition coefficient (Wildman–Crippen LogP) is 2.41. The molecule has 1 rings (SSSR count). The van der Waals surface area contributed by atoms with Gasteiger partial charge in [0.15, 0.2) is 6.29 Å². The molecule has 0 aromatic carbocycles. The first kappa shape index (κ1) is 13.9. The maximum atomic E-state index is 5.29. The highest BCUT2D eigenvalue weighted by molar-refractivity contribution is 4.85. The van der Waals surface area contributed by atoms with Gasteiger partial charge in [0.05, 0.1) is 6.04 Å². The molecular weight excluding hydrogens is 202 g/mol. The fraction of sp³-hybridized carbons (Fsp3) is 1.00. The predicted molar refractivity (Wildman–Crippen MR) is 66.4 cm³/mol. The Labute approximate surface area is 99.9 Å². The Morgan fingerprint density at radius 3 is 2.00 bits per heavy atom. The van der Waals surface area contributed by atoms with Gasteiger partial charge >= 0.3 is 0 Å². The summed E-state index contributed by atoms with van der Waals surface area (Å²) in [6.07, 6.45) is 3.88. The fourth-order valence-electron chi connectivity index (χ4n) is 2.90. The molecule has 3 nitrogen and oxygen atoms in total. The van der Waals surface area contributed by atoms with Crippen molar-refractivity contribution in [2.24, 2.45) is 11.8 Å². The highest BCUT2D eigenvalue weighted by Crippen LogP contribution is 2.29. The molecule has 1 N–H and O–H groups in total. The smallest absolute Gasteiger partial charge is 0.171 e. The third-order valence-electron chi connectivity index (χ3n) is 3.87. The Morgan fingerprint density at radius 1 is 1.06 bits per heavy atom. The van der Waals surface area contributed by atoms with Crippen molar-refractivity contribution in [1.82, 2.24) is 5.32 Å². The Bertz CT molecular complexity index is 184. The van der Waals surface area contributed by atoms with Gasteiger partial charge < -0.3 is 14.8 Å². The van der Waals surface area contributed by atoms with Crippen LogP contribution < -0.4 is 5.32 Å². The molecule has 3 atom stereocenters. The van der Waals surface area contributed by atoms with Crippen LogP contribution in [0.5, 0.6) is 0 Å². The van der Waals surface area contributed by atoms with Crippen LogP contribution >= 0.6 is 0 Å². The van der Waals surface area contributed by atoms with E-state index in [1.54, 1.807) is 14.2 Å². The van der Waals surface area contributed by atoms with Crippen molar-refractivity contribution in [3.63, 3.8) is 0 Å². The lowest BCUT2D eigenvalue weighted by Gasteiger charge is -2.38. The van der Waals surface area contributed by atoms with Crippen molar-refractivity contribution in [1.29, 1.82) is 0 Å². The number of hydrogen-bond donors (Lipinski definition) is 1. The summed E-state index contributed by atoms with van der Waals surface area (Å²) in [5.74, 6) is 1.50. The first-order chi connectivity index (χ1) is 7.60. The molecule has 96 valence electrons. The van der Waals surface area contributed by atoms with Crippen LogP contribution in [-0.4, -0.2) is 32.6 Å². The molecule has 1 aliphatic rings. The van der Waals surface area contributed by atoms with E-state index in [1.807, 2.05) is 0 Å². The summed E-state index contributed by atoms with van der Waals surface area (Å²) >= 11 is 0. The molecule has 3 heteroatoms. The van der Waals surface area contributed by atoms with Crippen LogP contribution in [0.4, 0.5) is 0 Å². The average molecular weight is 229 g/mol. The van der Waals surface area contributed by atoms with Crippen molar-refractivity contribution < 1.29 is 9.47 Å². The van der Waals surface area contributed by atoms with Crippen LogP contribution in [0, 0.1) is 11.8 Å². The molecule has 1 fully saturated rings. The second kappa shape index (κ2) is 6.58. The second-order valence-electron chi connectivity index (χ2n) is 5.21. The Morgan fingerprint density at radius 2 is 1.56 bits per heavy atom. The number of methoxy groups -OCH3 is 2. The maximum absolute atomic E-state index is 5.29. The largest absolute Gasteiger partial charge is 0.354 e. The zero-order valence-corrected chi connectivity index (χ0v) is 11.3. The van der Waals surface area contributed by atoms with Crippen LogP contribution in [0.25, 0.3) is 0 Å². The molecule has 0 aromatic rings. The van der Waals surface area contributed by atoms with E-state index < -0.39 is 0 Å². The minimum absolute atomic E-state index is 0.152. The lowest BCUT2D eigenvalue weighted by atomic mass is 9.78. The second-order valence-corrected chi connectivity index (χ2v) is 5.21. The van der Waals surface area contributed by atoms with Gasteiger partial charge in [0.25, 0.3) is 0 Å². The summed E-state index contributed by atoms with van der Waals surface area (Å²) in [5, 5.41) is 3.67. The minimum atomic E-state index is -0.152. The standard InChI is InChI=1S/C13H27NO2/c1-9-7-6-8-10(2)12(9)14-11(3)13(15-4)16-5/h9-14H,6-8H2,1-5H3. The monoisotopic (exact) mass is 229 g/mol. The van der Waals surface area contributed by atoms with Crippen LogP contribution in [0.1, 0.15) is 40.0 Å². The summed E-state index contributed by atoms with van der Waals surface area (Å²) in [7, 11) is 3.39. The minimum Gasteiger partial charge on any atom is -0.354 e. The van der Waals surface area contributed by atoms with E-state index in [1.165, 1.54) is 19.3 Å². The third-order valence-corrected chi connectivity index (χ3v) is 3.87. The highest BCUT2D eigenvalue weighted by Gasteiger charge is 2.30. The van der Waals surface area contributed by atoms with Gasteiger partial charge in [-0.1, -0.05) is 20.3 Å². The highest BCUT2D eigenvalue weighted by atomic mass is 16.7. The van der Waals surface area contributed by atoms with Crippen LogP contribution in [0.3, 0.4) is 0 Å². The molecule has 0 saturated heterocycles. The van der Waals surface area contributed by atoms with Crippen molar-refractivity contribution >= 4 is 0 Å². The molecular formula is C13H27NO2. The van der Waals surface area contributed by atoms with E-state index in [2.05, 4.69) is 26.1 Å².